The topological polar surface area (TPSA) is 97.3 Å². The zero-order chi connectivity index (χ0) is 19.4. The van der Waals surface area contributed by atoms with Gasteiger partial charge in [-0.25, -0.2) is 0 Å². The van der Waals surface area contributed by atoms with E-state index in [9.17, 15) is 14.7 Å². The molecule has 0 spiro atoms. The molecule has 0 radical (unpaired) electrons. The van der Waals surface area contributed by atoms with Crippen molar-refractivity contribution in [2.24, 2.45) is 0 Å². The predicted molar refractivity (Wildman–Crippen MR) is 96.4 cm³/mol. The highest BCUT2D eigenvalue weighted by Crippen LogP contribution is 2.12. The van der Waals surface area contributed by atoms with Crippen LogP contribution in [0.1, 0.15) is 24.2 Å². The number of carboxylic acid groups (broad SMARTS) is 1. The Labute approximate surface area is 154 Å². The highest BCUT2D eigenvalue weighted by Gasteiger charge is 2.23. The number of amides is 1. The summed E-state index contributed by atoms with van der Waals surface area (Å²) in [6.45, 7) is 6.05. The van der Waals surface area contributed by atoms with E-state index in [-0.39, 0.29) is 19.2 Å². The second-order valence-corrected chi connectivity index (χ2v) is 5.47. The zero-order valence-corrected chi connectivity index (χ0v) is 15.6. The Kier molecular flexibility index (Phi) is 10.3. The first kappa shape index (κ1) is 21.9. The van der Waals surface area contributed by atoms with Crippen LogP contribution in [0, 0.1) is 0 Å². The molecule has 0 heterocycles. The molecule has 0 bridgehead atoms. The Morgan fingerprint density at radius 2 is 1.81 bits per heavy atom. The fourth-order valence-electron chi connectivity index (χ4n) is 2.34. The molecule has 1 rings (SSSR count). The Hall–Kier alpha value is -2.16. The fraction of sp³-hybridized carbons (Fsp3) is 0.556. The number of rotatable bonds is 13. The Balaban J connectivity index is 2.50. The molecule has 0 aromatic heterocycles. The molecule has 0 saturated carbocycles. The molecule has 146 valence electrons. The molecule has 0 aliphatic rings. The standard InChI is InChI=1S/C18H28N2O6/c1-4-20(5-2)16(18(22)23)12-19-17(21)14-6-8-15(9-7-14)26-13-25-11-10-24-3/h6-9,16H,4-5,10-13H2,1-3H3,(H,19,21)(H,22,23). The Morgan fingerprint density at radius 1 is 1.15 bits per heavy atom. The summed E-state index contributed by atoms with van der Waals surface area (Å²) < 4.78 is 15.4. The lowest BCUT2D eigenvalue weighted by Gasteiger charge is -2.26. The van der Waals surface area contributed by atoms with Gasteiger partial charge in [0.1, 0.15) is 11.8 Å². The van der Waals surface area contributed by atoms with E-state index in [0.29, 0.717) is 37.6 Å². The van der Waals surface area contributed by atoms with Crippen LogP contribution in [0.4, 0.5) is 0 Å². The van der Waals surface area contributed by atoms with Gasteiger partial charge in [0, 0.05) is 19.2 Å². The van der Waals surface area contributed by atoms with Gasteiger partial charge < -0.3 is 24.6 Å². The molecule has 0 saturated heterocycles. The summed E-state index contributed by atoms with van der Waals surface area (Å²) in [6, 6.07) is 5.81. The molecule has 0 fully saturated rings. The van der Waals surface area contributed by atoms with Gasteiger partial charge in [0.25, 0.3) is 5.91 Å². The largest absolute Gasteiger partial charge is 0.480 e. The molecule has 1 amide bonds. The lowest BCUT2D eigenvalue weighted by Crippen LogP contribution is -2.48. The van der Waals surface area contributed by atoms with Crippen molar-refractivity contribution in [3.8, 4) is 5.75 Å². The van der Waals surface area contributed by atoms with E-state index in [4.69, 9.17) is 14.2 Å². The van der Waals surface area contributed by atoms with E-state index in [2.05, 4.69) is 5.32 Å². The maximum absolute atomic E-state index is 12.2. The van der Waals surface area contributed by atoms with Crippen molar-refractivity contribution in [2.45, 2.75) is 19.9 Å². The number of methoxy groups -OCH3 is 1. The predicted octanol–water partition coefficient (Wildman–Crippen LogP) is 1.21. The molecule has 0 aliphatic carbocycles. The van der Waals surface area contributed by atoms with Crippen molar-refractivity contribution in [1.82, 2.24) is 10.2 Å². The van der Waals surface area contributed by atoms with Crippen LogP contribution in [0.15, 0.2) is 24.3 Å². The van der Waals surface area contributed by atoms with Crippen LogP contribution < -0.4 is 10.1 Å². The molecular formula is C18H28N2O6. The van der Waals surface area contributed by atoms with Crippen LogP contribution in [-0.4, -0.2) is 74.7 Å². The lowest BCUT2D eigenvalue weighted by molar-refractivity contribution is -0.142. The molecular weight excluding hydrogens is 340 g/mol. The minimum atomic E-state index is -0.953. The summed E-state index contributed by atoms with van der Waals surface area (Å²) in [5.41, 5.74) is 0.432. The number of benzene rings is 1. The van der Waals surface area contributed by atoms with Crippen LogP contribution in [0.5, 0.6) is 5.75 Å². The normalized spacial score (nSPS) is 12.0. The molecule has 2 N–H and O–H groups in total. The first-order valence-corrected chi connectivity index (χ1v) is 8.58. The summed E-state index contributed by atoms with van der Waals surface area (Å²) in [4.78, 5) is 25.4. The monoisotopic (exact) mass is 368 g/mol. The van der Waals surface area contributed by atoms with Crippen molar-refractivity contribution >= 4 is 11.9 Å². The summed E-state index contributed by atoms with van der Waals surface area (Å²) in [5, 5.41) is 12.0. The molecule has 0 aliphatic heterocycles. The van der Waals surface area contributed by atoms with Gasteiger partial charge >= 0.3 is 5.97 Å². The minimum Gasteiger partial charge on any atom is -0.480 e. The van der Waals surface area contributed by atoms with Crippen molar-refractivity contribution in [2.75, 3.05) is 46.8 Å². The molecule has 1 atom stereocenters. The molecule has 1 aromatic carbocycles. The van der Waals surface area contributed by atoms with Crippen molar-refractivity contribution in [3.63, 3.8) is 0 Å². The number of nitrogens with zero attached hydrogens (tertiary/aromatic N) is 1. The van der Waals surface area contributed by atoms with E-state index in [1.165, 1.54) is 0 Å². The number of hydrogen-bond acceptors (Lipinski definition) is 6. The number of likely N-dealkylation sites (N-methyl/N-ethyl adjacent to an activating group) is 1. The van der Waals surface area contributed by atoms with Gasteiger partial charge in [0.05, 0.1) is 13.2 Å². The third-order valence-electron chi connectivity index (χ3n) is 3.85. The highest BCUT2D eigenvalue weighted by molar-refractivity contribution is 5.94. The number of hydrogen-bond donors (Lipinski definition) is 2. The van der Waals surface area contributed by atoms with E-state index in [0.717, 1.165) is 0 Å². The van der Waals surface area contributed by atoms with Gasteiger partial charge in [-0.15, -0.1) is 0 Å². The SMILES string of the molecule is CCN(CC)C(CNC(=O)c1ccc(OCOCCOC)cc1)C(=O)O. The number of aliphatic carboxylic acids is 1. The van der Waals surface area contributed by atoms with Gasteiger partial charge in [-0.05, 0) is 37.4 Å². The third kappa shape index (κ3) is 7.38. The average Bonchev–Trinajstić information content (AvgIpc) is 2.65. The van der Waals surface area contributed by atoms with E-state index in [1.54, 1.807) is 36.3 Å². The number of nitrogens with one attached hydrogen (secondary N) is 1. The van der Waals surface area contributed by atoms with Gasteiger partial charge in [0.15, 0.2) is 6.79 Å². The maximum Gasteiger partial charge on any atom is 0.322 e. The molecule has 8 heteroatoms. The van der Waals surface area contributed by atoms with E-state index >= 15 is 0 Å². The van der Waals surface area contributed by atoms with Crippen LogP contribution >= 0.6 is 0 Å². The van der Waals surface area contributed by atoms with Gasteiger partial charge in [-0.3, -0.25) is 14.5 Å². The summed E-state index contributed by atoms with van der Waals surface area (Å²) in [5.74, 6) is -0.706. The van der Waals surface area contributed by atoms with Gasteiger partial charge in [-0.1, -0.05) is 13.8 Å². The van der Waals surface area contributed by atoms with Crippen LogP contribution in [-0.2, 0) is 14.3 Å². The Morgan fingerprint density at radius 3 is 2.35 bits per heavy atom. The fourth-order valence-corrected chi connectivity index (χ4v) is 2.34. The summed E-state index contributed by atoms with van der Waals surface area (Å²) in [6.07, 6.45) is 0. The molecule has 1 aromatic rings. The number of carboxylic acids is 1. The molecule has 8 nitrogen and oxygen atoms in total. The molecule has 1 unspecified atom stereocenters. The van der Waals surface area contributed by atoms with Crippen LogP contribution in [0.2, 0.25) is 0 Å². The zero-order valence-electron chi connectivity index (χ0n) is 15.6. The molecule has 26 heavy (non-hydrogen) atoms. The first-order chi connectivity index (χ1) is 12.5. The average molecular weight is 368 g/mol. The maximum atomic E-state index is 12.2. The smallest absolute Gasteiger partial charge is 0.322 e. The van der Waals surface area contributed by atoms with Crippen molar-refractivity contribution < 1.29 is 28.9 Å². The first-order valence-electron chi connectivity index (χ1n) is 8.58. The van der Waals surface area contributed by atoms with Gasteiger partial charge in [0.2, 0.25) is 0 Å². The summed E-state index contributed by atoms with van der Waals surface area (Å²) >= 11 is 0. The highest BCUT2D eigenvalue weighted by atomic mass is 16.7. The van der Waals surface area contributed by atoms with E-state index in [1.807, 2.05) is 13.8 Å². The number of carbonyl (C=O) groups is 2. The van der Waals surface area contributed by atoms with Crippen molar-refractivity contribution in [1.29, 1.82) is 0 Å². The number of ether oxygens (including phenoxy) is 3. The third-order valence-corrected chi connectivity index (χ3v) is 3.85. The second kappa shape index (κ2) is 12.2. The van der Waals surface area contributed by atoms with Gasteiger partial charge in [-0.2, -0.15) is 0 Å². The minimum absolute atomic E-state index is 0.0431. The van der Waals surface area contributed by atoms with Crippen LogP contribution in [0.25, 0.3) is 0 Å². The summed E-state index contributed by atoms with van der Waals surface area (Å²) in [7, 11) is 1.59. The quantitative estimate of drug-likeness (QED) is 0.399. The number of carbonyl (C=O) groups excluding carboxylic acids is 1. The van der Waals surface area contributed by atoms with E-state index < -0.39 is 12.0 Å². The second-order valence-electron chi connectivity index (χ2n) is 5.47. The lowest BCUT2D eigenvalue weighted by atomic mass is 10.2. The Bertz CT molecular complexity index is 545. The van der Waals surface area contributed by atoms with Crippen LogP contribution in [0.3, 0.4) is 0 Å². The van der Waals surface area contributed by atoms with Crippen molar-refractivity contribution in [3.05, 3.63) is 29.8 Å².